The van der Waals surface area contributed by atoms with Gasteiger partial charge in [-0.3, -0.25) is 4.79 Å². The molecular formula is C35H45NO6. The van der Waals surface area contributed by atoms with Crippen LogP contribution in [0.2, 0.25) is 0 Å². The van der Waals surface area contributed by atoms with E-state index in [0.29, 0.717) is 11.5 Å². The molecular weight excluding hydrogens is 530 g/mol. The minimum absolute atomic E-state index is 0.0198. The third-order valence-electron chi connectivity index (χ3n) is 12.0. The minimum atomic E-state index is -1.81. The molecule has 3 fully saturated rings. The van der Waals surface area contributed by atoms with Crippen LogP contribution in [0.3, 0.4) is 0 Å². The second-order valence-electron chi connectivity index (χ2n) is 15.0. The average molecular weight is 576 g/mol. The van der Waals surface area contributed by atoms with Crippen molar-refractivity contribution in [1.29, 1.82) is 0 Å². The van der Waals surface area contributed by atoms with E-state index in [2.05, 4.69) is 32.9 Å². The third-order valence-corrected chi connectivity index (χ3v) is 12.0. The van der Waals surface area contributed by atoms with Crippen LogP contribution in [0, 0.1) is 34.5 Å². The van der Waals surface area contributed by atoms with Crippen LogP contribution in [0.5, 0.6) is 0 Å². The zero-order valence-corrected chi connectivity index (χ0v) is 26.0. The molecule has 0 radical (unpaired) electrons. The number of allylic oxidation sites excluding steroid dienone is 1. The van der Waals surface area contributed by atoms with Gasteiger partial charge < -0.3 is 24.2 Å². The number of ketones is 1. The summed E-state index contributed by atoms with van der Waals surface area (Å²) in [5.41, 5.74) is 0.855. The van der Waals surface area contributed by atoms with Crippen LogP contribution in [0.25, 0.3) is 0 Å². The lowest BCUT2D eigenvalue weighted by molar-refractivity contribution is -0.303. The first-order valence-corrected chi connectivity index (χ1v) is 15.7. The molecule has 42 heavy (non-hydrogen) atoms. The minimum Gasteiger partial charge on any atom is -0.438 e. The Hall–Kier alpha value is -2.48. The molecule has 6 aliphatic rings. The highest BCUT2D eigenvalue weighted by Gasteiger charge is 2.77. The number of aryl methyl sites for hydroxylation is 1. The topological polar surface area (TPSA) is 85.3 Å². The van der Waals surface area contributed by atoms with Crippen LogP contribution in [0.15, 0.2) is 47.6 Å². The smallest absolute Gasteiger partial charge is 0.410 e. The number of hydrogen-bond acceptors (Lipinski definition) is 6. The molecule has 1 heterocycles. The molecule has 1 N–H and O–H groups in total. The molecule has 7 rings (SSSR count). The standard InChI is InChI=1S/C35H45NO6/c1-19-17-34-20(2)15-25-27(32(25,3)4)24(28(34)37)16-22-18-40-33(5,6)42-30(22)35(34,39)29(19)41-31(38)36(7)26-14-10-12-21-11-8-9-13-23(21)26/h8-9,11,13,16-17,20,24-27,29-30,39H,10,12,14-15,18H2,1-7H3/t20-,24+,25-,26?,27+,29+,30-,34+,35-/m1/s1. The fourth-order valence-electron chi connectivity index (χ4n) is 9.74. The Bertz CT molecular complexity index is 1410. The molecule has 7 nitrogen and oxygen atoms in total. The Morgan fingerprint density at radius 2 is 1.90 bits per heavy atom. The Kier molecular flexibility index (Phi) is 6.08. The van der Waals surface area contributed by atoms with E-state index in [4.69, 9.17) is 14.2 Å². The summed E-state index contributed by atoms with van der Waals surface area (Å²) in [6.07, 6.45) is 5.23. The summed E-state index contributed by atoms with van der Waals surface area (Å²) in [6.45, 7) is 12.4. The predicted molar refractivity (Wildman–Crippen MR) is 157 cm³/mol. The van der Waals surface area contributed by atoms with Crippen molar-refractivity contribution in [2.24, 2.45) is 34.5 Å². The van der Waals surface area contributed by atoms with Crippen LogP contribution in [0.4, 0.5) is 4.79 Å². The normalized spacial score (nSPS) is 42.4. The summed E-state index contributed by atoms with van der Waals surface area (Å²) in [5.74, 6) is -0.896. The van der Waals surface area contributed by atoms with Crippen molar-refractivity contribution in [1.82, 2.24) is 4.90 Å². The number of aliphatic hydroxyl groups is 1. The molecule has 7 heteroatoms. The summed E-state index contributed by atoms with van der Waals surface area (Å²) in [5, 5.41) is 13.3. The molecule has 1 aromatic carbocycles. The zero-order chi connectivity index (χ0) is 30.0. The maximum absolute atomic E-state index is 14.9. The fourth-order valence-corrected chi connectivity index (χ4v) is 9.74. The highest BCUT2D eigenvalue weighted by Crippen LogP contribution is 2.72. The second-order valence-corrected chi connectivity index (χ2v) is 15.0. The average Bonchev–Trinajstić information content (AvgIpc) is 3.44. The van der Waals surface area contributed by atoms with E-state index in [0.717, 1.165) is 36.8 Å². The maximum atomic E-state index is 14.9. The van der Waals surface area contributed by atoms with E-state index in [9.17, 15) is 14.7 Å². The van der Waals surface area contributed by atoms with Gasteiger partial charge in [-0.05, 0) is 91.9 Å². The Balaban J connectivity index is 1.30. The van der Waals surface area contributed by atoms with Gasteiger partial charge in [0.2, 0.25) is 0 Å². The molecule has 2 saturated carbocycles. The molecule has 1 aliphatic heterocycles. The number of benzene rings is 1. The van der Waals surface area contributed by atoms with Crippen LogP contribution < -0.4 is 0 Å². The quantitative estimate of drug-likeness (QED) is 0.451. The largest absolute Gasteiger partial charge is 0.438 e. The number of ether oxygens (including phenoxy) is 3. The van der Waals surface area contributed by atoms with Gasteiger partial charge in [0.05, 0.1) is 18.1 Å². The van der Waals surface area contributed by atoms with Crippen molar-refractivity contribution >= 4 is 11.9 Å². The predicted octanol–water partition coefficient (Wildman–Crippen LogP) is 5.77. The Morgan fingerprint density at radius 1 is 1.17 bits per heavy atom. The van der Waals surface area contributed by atoms with E-state index < -0.39 is 35.1 Å². The monoisotopic (exact) mass is 575 g/mol. The van der Waals surface area contributed by atoms with Crippen LogP contribution in [0.1, 0.15) is 78.0 Å². The van der Waals surface area contributed by atoms with Crippen LogP contribution in [-0.2, 0) is 25.4 Å². The third kappa shape index (κ3) is 3.62. The van der Waals surface area contributed by atoms with E-state index in [1.165, 1.54) is 5.56 Å². The van der Waals surface area contributed by atoms with Crippen LogP contribution in [-0.4, -0.2) is 59.1 Å². The van der Waals surface area contributed by atoms with Gasteiger partial charge in [-0.25, -0.2) is 4.79 Å². The van der Waals surface area contributed by atoms with Gasteiger partial charge in [-0.1, -0.05) is 57.2 Å². The molecule has 1 amide bonds. The Morgan fingerprint density at radius 3 is 2.67 bits per heavy atom. The summed E-state index contributed by atoms with van der Waals surface area (Å²) >= 11 is 0. The number of carbonyl (C=O) groups excluding carboxylic acids is 2. The molecule has 1 spiro atoms. The van der Waals surface area contributed by atoms with Crippen molar-refractivity contribution in [2.45, 2.75) is 96.9 Å². The van der Waals surface area contributed by atoms with Crippen molar-refractivity contribution in [3.63, 3.8) is 0 Å². The molecule has 226 valence electrons. The first kappa shape index (κ1) is 28.3. The number of Topliss-reactive ketones (excluding diaryl/α,β-unsaturated/α-hetero) is 1. The number of rotatable bonds is 2. The number of fused-ring (bicyclic) bond motifs is 6. The van der Waals surface area contributed by atoms with E-state index >= 15 is 0 Å². The molecule has 0 aromatic heterocycles. The lowest BCUT2D eigenvalue weighted by atomic mass is 9.59. The number of nitrogens with zero attached hydrogens (tertiary/aromatic N) is 1. The van der Waals surface area contributed by atoms with Crippen molar-refractivity contribution < 1.29 is 28.9 Å². The van der Waals surface area contributed by atoms with Gasteiger partial charge in [0, 0.05) is 13.0 Å². The lowest BCUT2D eigenvalue weighted by Gasteiger charge is -2.53. The summed E-state index contributed by atoms with van der Waals surface area (Å²) in [4.78, 5) is 30.6. The highest BCUT2D eigenvalue weighted by atomic mass is 16.7. The van der Waals surface area contributed by atoms with Gasteiger partial charge in [0.25, 0.3) is 0 Å². The second kappa shape index (κ2) is 9.02. The SMILES string of the molecule is CC1=C[C@]23C(=O)[C@@H](C=C4COC(C)(C)O[C@H]4[C@]2(O)[C@H]1OC(=O)N(C)C1CCCc2ccccc21)[C@H]1[C@@H](C[C@H]3C)C1(C)C. The summed E-state index contributed by atoms with van der Waals surface area (Å²) < 4.78 is 19.0. The Labute approximate surface area is 249 Å². The molecule has 1 saturated heterocycles. The van der Waals surface area contributed by atoms with Crippen molar-refractivity contribution in [2.75, 3.05) is 13.7 Å². The van der Waals surface area contributed by atoms with Gasteiger partial charge >= 0.3 is 6.09 Å². The van der Waals surface area contributed by atoms with E-state index in [1.54, 1.807) is 11.9 Å². The highest BCUT2D eigenvalue weighted by molar-refractivity contribution is 5.95. The first-order valence-electron chi connectivity index (χ1n) is 15.7. The first-order chi connectivity index (χ1) is 19.7. The van der Waals surface area contributed by atoms with Gasteiger partial charge in [0.1, 0.15) is 6.10 Å². The summed E-state index contributed by atoms with van der Waals surface area (Å²) in [6, 6.07) is 8.15. The molecule has 1 aromatic rings. The van der Waals surface area contributed by atoms with Gasteiger partial charge in [0.15, 0.2) is 23.3 Å². The maximum Gasteiger partial charge on any atom is 0.410 e. The van der Waals surface area contributed by atoms with Crippen LogP contribution >= 0.6 is 0 Å². The molecule has 9 atom stereocenters. The number of carbonyl (C=O) groups is 2. The van der Waals surface area contributed by atoms with E-state index in [-0.39, 0.29) is 41.6 Å². The lowest BCUT2D eigenvalue weighted by Crippen LogP contribution is -2.68. The molecule has 2 bridgehead atoms. The fraction of sp³-hybridized carbons (Fsp3) is 0.657. The molecule has 5 aliphatic carbocycles. The van der Waals surface area contributed by atoms with E-state index in [1.807, 2.05) is 45.1 Å². The van der Waals surface area contributed by atoms with Gasteiger partial charge in [-0.15, -0.1) is 0 Å². The van der Waals surface area contributed by atoms with Gasteiger partial charge in [-0.2, -0.15) is 0 Å². The number of amides is 1. The van der Waals surface area contributed by atoms with Crippen molar-refractivity contribution in [3.8, 4) is 0 Å². The summed E-state index contributed by atoms with van der Waals surface area (Å²) in [7, 11) is 1.78. The number of hydrogen-bond donors (Lipinski definition) is 1. The zero-order valence-electron chi connectivity index (χ0n) is 26.0. The van der Waals surface area contributed by atoms with Crippen molar-refractivity contribution in [3.05, 3.63) is 58.7 Å². The molecule has 1 unspecified atom stereocenters.